The maximum absolute atomic E-state index is 10.6. The molecule has 0 aliphatic carbocycles. The van der Waals surface area contributed by atoms with Gasteiger partial charge in [0.15, 0.2) is 0 Å². The highest BCUT2D eigenvalue weighted by atomic mass is 16.5. The Morgan fingerprint density at radius 2 is 1.35 bits per heavy atom. The molecule has 0 saturated carbocycles. The van der Waals surface area contributed by atoms with Crippen molar-refractivity contribution in [3.63, 3.8) is 0 Å². The van der Waals surface area contributed by atoms with Crippen LogP contribution in [0.4, 0.5) is 0 Å². The molecule has 0 rings (SSSR count). The topological polar surface area (TPSA) is 29.5 Å². The van der Waals surface area contributed by atoms with E-state index in [1.165, 1.54) is 71.1 Å². The summed E-state index contributed by atoms with van der Waals surface area (Å²) in [7, 11) is 2.09. The van der Waals surface area contributed by atoms with Gasteiger partial charge in [-0.3, -0.25) is 4.79 Å². The average Bonchev–Trinajstić information content (AvgIpc) is 2.40. The lowest BCUT2D eigenvalue weighted by molar-refractivity contribution is -0.141. The van der Waals surface area contributed by atoms with Crippen molar-refractivity contribution in [2.24, 2.45) is 0 Å². The van der Waals surface area contributed by atoms with Gasteiger partial charge in [0.05, 0.1) is 0 Å². The Balaban J connectivity index is 3.13. The van der Waals surface area contributed by atoms with Crippen molar-refractivity contribution in [3.8, 4) is 0 Å². The molecule has 0 aromatic rings. The summed E-state index contributed by atoms with van der Waals surface area (Å²) in [5.74, 6) is -0.183. The fourth-order valence-corrected chi connectivity index (χ4v) is 2.33. The first-order chi connectivity index (χ1) is 9.66. The molecule has 0 radical (unpaired) electrons. The van der Waals surface area contributed by atoms with E-state index in [0.717, 1.165) is 13.1 Å². The van der Waals surface area contributed by atoms with Crippen LogP contribution in [0.5, 0.6) is 0 Å². The van der Waals surface area contributed by atoms with Crippen LogP contribution < -0.4 is 0 Å². The van der Waals surface area contributed by atoms with Crippen molar-refractivity contribution in [1.29, 1.82) is 0 Å². The van der Waals surface area contributed by atoms with Crippen LogP contribution >= 0.6 is 0 Å². The standard InChI is InChI=1S/C17H35NO2/c1-4-5-6-7-8-9-10-11-12-13-14-18(3)15-16-20-17(2)19/h4-16H2,1-3H3. The zero-order valence-electron chi connectivity index (χ0n) is 14.0. The van der Waals surface area contributed by atoms with E-state index in [4.69, 9.17) is 4.74 Å². The summed E-state index contributed by atoms with van der Waals surface area (Å²) in [5.41, 5.74) is 0. The third-order valence-corrected chi connectivity index (χ3v) is 3.67. The molecule has 0 aliphatic heterocycles. The number of nitrogens with zero attached hydrogens (tertiary/aromatic N) is 1. The predicted molar refractivity (Wildman–Crippen MR) is 86.0 cm³/mol. The molecule has 3 heteroatoms. The van der Waals surface area contributed by atoms with Gasteiger partial charge in [-0.05, 0) is 20.0 Å². The smallest absolute Gasteiger partial charge is 0.302 e. The highest BCUT2D eigenvalue weighted by Crippen LogP contribution is 2.10. The molecule has 3 nitrogen and oxygen atoms in total. The van der Waals surface area contributed by atoms with Crippen LogP contribution in [0, 0.1) is 0 Å². The van der Waals surface area contributed by atoms with E-state index in [1.807, 2.05) is 0 Å². The largest absolute Gasteiger partial charge is 0.465 e. The number of ether oxygens (including phenoxy) is 1. The predicted octanol–water partition coefficient (Wildman–Crippen LogP) is 4.40. The quantitative estimate of drug-likeness (QED) is 0.350. The second kappa shape index (κ2) is 14.8. The number of esters is 1. The van der Waals surface area contributed by atoms with Crippen LogP contribution in [0.15, 0.2) is 0 Å². The molecule has 0 aromatic heterocycles. The summed E-state index contributed by atoms with van der Waals surface area (Å²) in [6.07, 6.45) is 13.8. The molecule has 0 saturated heterocycles. The van der Waals surface area contributed by atoms with E-state index in [2.05, 4.69) is 18.9 Å². The SMILES string of the molecule is CCCCCCCCCCCCN(C)CCOC(C)=O. The van der Waals surface area contributed by atoms with Crippen LogP contribution in [-0.2, 0) is 9.53 Å². The van der Waals surface area contributed by atoms with E-state index in [0.29, 0.717) is 6.61 Å². The Labute approximate surface area is 126 Å². The number of carbonyl (C=O) groups excluding carboxylic acids is 1. The summed E-state index contributed by atoms with van der Waals surface area (Å²) in [4.78, 5) is 12.9. The van der Waals surface area contributed by atoms with Crippen LogP contribution in [0.2, 0.25) is 0 Å². The number of hydrogen-bond donors (Lipinski definition) is 0. The van der Waals surface area contributed by atoms with Gasteiger partial charge < -0.3 is 9.64 Å². The first-order valence-corrected chi connectivity index (χ1v) is 8.48. The van der Waals surface area contributed by atoms with Crippen LogP contribution in [-0.4, -0.2) is 37.6 Å². The molecule has 0 bridgehead atoms. The molecular weight excluding hydrogens is 250 g/mol. The normalized spacial score (nSPS) is 11.0. The molecule has 0 heterocycles. The van der Waals surface area contributed by atoms with Crippen molar-refractivity contribution in [2.45, 2.75) is 78.1 Å². The minimum atomic E-state index is -0.183. The highest BCUT2D eigenvalue weighted by Gasteiger charge is 1.99. The van der Waals surface area contributed by atoms with Gasteiger partial charge in [-0.25, -0.2) is 0 Å². The van der Waals surface area contributed by atoms with Crippen LogP contribution in [0.1, 0.15) is 78.1 Å². The summed E-state index contributed by atoms with van der Waals surface area (Å²) >= 11 is 0. The fourth-order valence-electron chi connectivity index (χ4n) is 2.33. The lowest BCUT2D eigenvalue weighted by Gasteiger charge is -2.15. The molecule has 0 atom stereocenters. The Bertz CT molecular complexity index is 219. The lowest BCUT2D eigenvalue weighted by Crippen LogP contribution is -2.25. The third kappa shape index (κ3) is 15.5. The number of carbonyl (C=O) groups is 1. The lowest BCUT2D eigenvalue weighted by atomic mass is 10.1. The third-order valence-electron chi connectivity index (χ3n) is 3.67. The Morgan fingerprint density at radius 3 is 1.85 bits per heavy atom. The van der Waals surface area contributed by atoms with E-state index in [-0.39, 0.29) is 5.97 Å². The molecular formula is C17H35NO2. The van der Waals surface area contributed by atoms with Gasteiger partial charge in [0.1, 0.15) is 6.61 Å². The van der Waals surface area contributed by atoms with E-state index in [9.17, 15) is 4.79 Å². The summed E-state index contributed by atoms with van der Waals surface area (Å²) in [6, 6.07) is 0. The number of hydrogen-bond acceptors (Lipinski definition) is 3. The Hall–Kier alpha value is -0.570. The van der Waals surface area contributed by atoms with E-state index in [1.54, 1.807) is 0 Å². The van der Waals surface area contributed by atoms with Crippen LogP contribution in [0.3, 0.4) is 0 Å². The number of rotatable bonds is 14. The second-order valence-corrected chi connectivity index (χ2v) is 5.83. The number of unbranched alkanes of at least 4 members (excludes halogenated alkanes) is 9. The maximum atomic E-state index is 10.6. The monoisotopic (exact) mass is 285 g/mol. The summed E-state index contributed by atoms with van der Waals surface area (Å²) < 4.78 is 4.93. The van der Waals surface area contributed by atoms with Gasteiger partial charge in [-0.1, -0.05) is 64.7 Å². The summed E-state index contributed by atoms with van der Waals surface area (Å²) in [5, 5.41) is 0. The molecule has 0 fully saturated rings. The van der Waals surface area contributed by atoms with Crippen molar-refractivity contribution in [3.05, 3.63) is 0 Å². The van der Waals surface area contributed by atoms with Crippen molar-refractivity contribution < 1.29 is 9.53 Å². The zero-order chi connectivity index (χ0) is 15.1. The molecule has 0 aliphatic rings. The molecule has 0 unspecified atom stereocenters. The molecule has 120 valence electrons. The molecule has 0 N–H and O–H groups in total. The van der Waals surface area contributed by atoms with Gasteiger partial charge in [0.25, 0.3) is 0 Å². The fraction of sp³-hybridized carbons (Fsp3) is 0.941. The minimum absolute atomic E-state index is 0.183. The first kappa shape index (κ1) is 19.4. The Morgan fingerprint density at radius 1 is 0.850 bits per heavy atom. The van der Waals surface area contributed by atoms with Crippen molar-refractivity contribution >= 4 is 5.97 Å². The minimum Gasteiger partial charge on any atom is -0.465 e. The molecule has 0 spiro atoms. The van der Waals surface area contributed by atoms with Gasteiger partial charge >= 0.3 is 5.97 Å². The van der Waals surface area contributed by atoms with Gasteiger partial charge in [0.2, 0.25) is 0 Å². The van der Waals surface area contributed by atoms with Crippen molar-refractivity contribution in [2.75, 3.05) is 26.7 Å². The highest BCUT2D eigenvalue weighted by molar-refractivity contribution is 5.65. The second-order valence-electron chi connectivity index (χ2n) is 5.83. The van der Waals surface area contributed by atoms with Gasteiger partial charge in [-0.15, -0.1) is 0 Å². The zero-order valence-corrected chi connectivity index (χ0v) is 14.0. The molecule has 0 aromatic carbocycles. The molecule has 20 heavy (non-hydrogen) atoms. The first-order valence-electron chi connectivity index (χ1n) is 8.48. The van der Waals surface area contributed by atoms with Gasteiger partial charge in [-0.2, -0.15) is 0 Å². The summed E-state index contributed by atoms with van der Waals surface area (Å²) in [6.45, 7) is 6.20. The maximum Gasteiger partial charge on any atom is 0.302 e. The van der Waals surface area contributed by atoms with Crippen LogP contribution in [0.25, 0.3) is 0 Å². The van der Waals surface area contributed by atoms with Gasteiger partial charge in [0, 0.05) is 13.5 Å². The van der Waals surface area contributed by atoms with E-state index >= 15 is 0 Å². The molecule has 0 amide bonds. The van der Waals surface area contributed by atoms with E-state index < -0.39 is 0 Å². The Kier molecular flexibility index (Phi) is 14.4. The number of likely N-dealkylation sites (N-methyl/N-ethyl adjacent to an activating group) is 1. The average molecular weight is 285 g/mol. The van der Waals surface area contributed by atoms with Crippen molar-refractivity contribution in [1.82, 2.24) is 4.90 Å².